The molecule has 2 rings (SSSR count). The van der Waals surface area contributed by atoms with Crippen LogP contribution in [0.15, 0.2) is 30.5 Å². The largest absolute Gasteiger partial charge is 0.398 e. The van der Waals surface area contributed by atoms with Gasteiger partial charge in [-0.3, -0.25) is 4.68 Å². The van der Waals surface area contributed by atoms with E-state index in [0.717, 1.165) is 29.8 Å². The number of nitrogen functional groups attached to an aromatic ring is 1. The van der Waals surface area contributed by atoms with E-state index >= 15 is 0 Å². The van der Waals surface area contributed by atoms with E-state index in [1.165, 1.54) is 5.69 Å². The van der Waals surface area contributed by atoms with Crippen LogP contribution in [0, 0.1) is 6.92 Å². The number of hydrogen-bond acceptors (Lipinski definition) is 2. The van der Waals surface area contributed by atoms with Gasteiger partial charge in [0.25, 0.3) is 0 Å². The molecule has 0 fully saturated rings. The Hall–Kier alpha value is -1.77. The number of nitrogens with zero attached hydrogens (tertiary/aromatic N) is 2. The van der Waals surface area contributed by atoms with Crippen LogP contribution in [0.4, 0.5) is 5.69 Å². The van der Waals surface area contributed by atoms with Crippen molar-refractivity contribution in [2.45, 2.75) is 26.8 Å². The molecule has 0 atom stereocenters. The van der Waals surface area contributed by atoms with Crippen molar-refractivity contribution in [1.29, 1.82) is 0 Å². The van der Waals surface area contributed by atoms with Crippen LogP contribution in [0.25, 0.3) is 11.1 Å². The lowest BCUT2D eigenvalue weighted by atomic mass is 10.1. The highest BCUT2D eigenvalue weighted by Crippen LogP contribution is 2.28. The van der Waals surface area contributed by atoms with Crippen molar-refractivity contribution >= 4 is 5.69 Å². The van der Waals surface area contributed by atoms with Crippen molar-refractivity contribution in [3.05, 3.63) is 36.2 Å². The monoisotopic (exact) mass is 215 g/mol. The molecule has 1 aromatic carbocycles. The molecule has 84 valence electrons. The van der Waals surface area contributed by atoms with Gasteiger partial charge in [0.1, 0.15) is 0 Å². The fraction of sp³-hybridized carbons (Fsp3) is 0.308. The summed E-state index contributed by atoms with van der Waals surface area (Å²) in [6, 6.07) is 7.91. The van der Waals surface area contributed by atoms with Crippen molar-refractivity contribution in [2.75, 3.05) is 5.73 Å². The van der Waals surface area contributed by atoms with Crippen molar-refractivity contribution in [3.63, 3.8) is 0 Å². The highest BCUT2D eigenvalue weighted by Gasteiger charge is 2.09. The molecule has 2 N–H and O–H groups in total. The van der Waals surface area contributed by atoms with E-state index in [1.807, 2.05) is 35.1 Å². The van der Waals surface area contributed by atoms with Crippen molar-refractivity contribution in [2.24, 2.45) is 0 Å². The molecule has 0 radical (unpaired) electrons. The second kappa shape index (κ2) is 4.39. The molecule has 0 aliphatic heterocycles. The first kappa shape index (κ1) is 10.7. The molecule has 2 aromatic rings. The summed E-state index contributed by atoms with van der Waals surface area (Å²) < 4.78 is 2.03. The minimum Gasteiger partial charge on any atom is -0.398 e. The molecule has 0 unspecified atom stereocenters. The zero-order chi connectivity index (χ0) is 11.5. The molecule has 3 nitrogen and oxygen atoms in total. The third kappa shape index (κ3) is 1.81. The van der Waals surface area contributed by atoms with Gasteiger partial charge in [0, 0.05) is 29.1 Å². The molecule has 1 aromatic heterocycles. The summed E-state index contributed by atoms with van der Waals surface area (Å²) >= 11 is 0. The lowest BCUT2D eigenvalue weighted by Crippen LogP contribution is -2.01. The predicted octanol–water partition coefficient (Wildman–Crippen LogP) is 2.85. The molecule has 0 saturated heterocycles. The number of aromatic nitrogens is 2. The van der Waals surface area contributed by atoms with Gasteiger partial charge in [-0.1, -0.05) is 25.1 Å². The smallest absolute Gasteiger partial charge is 0.0571 e. The molecular formula is C13H17N3. The summed E-state index contributed by atoms with van der Waals surface area (Å²) in [7, 11) is 0. The summed E-state index contributed by atoms with van der Waals surface area (Å²) in [5.41, 5.74) is 10.2. The summed E-state index contributed by atoms with van der Waals surface area (Å²) in [4.78, 5) is 0. The number of rotatable bonds is 3. The number of anilines is 1. The minimum atomic E-state index is 0.807. The van der Waals surface area contributed by atoms with E-state index in [1.54, 1.807) is 0 Å². The fourth-order valence-electron chi connectivity index (χ4n) is 1.89. The van der Waals surface area contributed by atoms with E-state index < -0.39 is 0 Å². The highest BCUT2D eigenvalue weighted by molar-refractivity contribution is 5.77. The second-order valence-corrected chi connectivity index (χ2v) is 3.95. The number of nitrogens with two attached hydrogens (primary N) is 1. The van der Waals surface area contributed by atoms with Gasteiger partial charge in [-0.2, -0.15) is 5.10 Å². The molecule has 0 aliphatic carbocycles. The molecule has 3 heteroatoms. The number of hydrogen-bond donors (Lipinski definition) is 1. The van der Waals surface area contributed by atoms with Gasteiger partial charge in [0.05, 0.1) is 6.20 Å². The lowest BCUT2D eigenvalue weighted by molar-refractivity contribution is 0.587. The summed E-state index contributed by atoms with van der Waals surface area (Å²) in [5.74, 6) is 0. The Morgan fingerprint density at radius 2 is 2.00 bits per heavy atom. The standard InChI is InChI=1S/C13H17N3/c1-3-8-16-10(2)12(9-15-16)11-6-4-5-7-13(11)14/h4-7,9H,3,8,14H2,1-2H3. The molecule has 0 saturated carbocycles. The summed E-state index contributed by atoms with van der Waals surface area (Å²) in [5, 5.41) is 4.38. The Balaban J connectivity index is 2.45. The normalized spacial score (nSPS) is 10.6. The van der Waals surface area contributed by atoms with Crippen molar-refractivity contribution in [3.8, 4) is 11.1 Å². The first-order valence-corrected chi connectivity index (χ1v) is 5.61. The molecule has 0 aliphatic rings. The van der Waals surface area contributed by atoms with Gasteiger partial charge in [-0.15, -0.1) is 0 Å². The van der Waals surface area contributed by atoms with Gasteiger partial charge in [-0.25, -0.2) is 0 Å². The Morgan fingerprint density at radius 1 is 1.25 bits per heavy atom. The van der Waals surface area contributed by atoms with Crippen LogP contribution in [-0.2, 0) is 6.54 Å². The lowest BCUT2D eigenvalue weighted by Gasteiger charge is -2.06. The summed E-state index contributed by atoms with van der Waals surface area (Å²) in [6.07, 6.45) is 2.99. The van der Waals surface area contributed by atoms with E-state index in [2.05, 4.69) is 18.9 Å². The van der Waals surface area contributed by atoms with Crippen LogP contribution in [0.5, 0.6) is 0 Å². The average molecular weight is 215 g/mol. The molecule has 0 amide bonds. The Morgan fingerprint density at radius 3 is 2.69 bits per heavy atom. The molecular weight excluding hydrogens is 198 g/mol. The molecule has 1 heterocycles. The van der Waals surface area contributed by atoms with E-state index in [-0.39, 0.29) is 0 Å². The van der Waals surface area contributed by atoms with E-state index in [4.69, 9.17) is 5.73 Å². The van der Waals surface area contributed by atoms with E-state index in [0.29, 0.717) is 0 Å². The Bertz CT molecular complexity index is 486. The maximum Gasteiger partial charge on any atom is 0.0571 e. The van der Waals surface area contributed by atoms with Gasteiger partial charge >= 0.3 is 0 Å². The van der Waals surface area contributed by atoms with Crippen LogP contribution >= 0.6 is 0 Å². The average Bonchev–Trinajstić information content (AvgIpc) is 2.62. The quantitative estimate of drug-likeness (QED) is 0.800. The van der Waals surface area contributed by atoms with Gasteiger partial charge in [-0.05, 0) is 19.4 Å². The predicted molar refractivity (Wildman–Crippen MR) is 67.1 cm³/mol. The molecule has 0 spiro atoms. The maximum absolute atomic E-state index is 5.97. The fourth-order valence-corrected chi connectivity index (χ4v) is 1.89. The number of para-hydroxylation sites is 1. The minimum absolute atomic E-state index is 0.807. The molecule has 16 heavy (non-hydrogen) atoms. The zero-order valence-corrected chi connectivity index (χ0v) is 9.77. The van der Waals surface area contributed by atoms with Crippen LogP contribution in [0.3, 0.4) is 0 Å². The van der Waals surface area contributed by atoms with Gasteiger partial charge in [0.2, 0.25) is 0 Å². The zero-order valence-electron chi connectivity index (χ0n) is 9.77. The van der Waals surface area contributed by atoms with Crippen LogP contribution < -0.4 is 5.73 Å². The van der Waals surface area contributed by atoms with Crippen molar-refractivity contribution < 1.29 is 0 Å². The summed E-state index contributed by atoms with van der Waals surface area (Å²) in [6.45, 7) is 5.20. The van der Waals surface area contributed by atoms with Gasteiger partial charge < -0.3 is 5.73 Å². The number of benzene rings is 1. The SMILES string of the molecule is CCCn1ncc(-c2ccccc2N)c1C. The van der Waals surface area contributed by atoms with Crippen molar-refractivity contribution in [1.82, 2.24) is 9.78 Å². The molecule has 0 bridgehead atoms. The second-order valence-electron chi connectivity index (χ2n) is 3.95. The topological polar surface area (TPSA) is 43.8 Å². The number of aryl methyl sites for hydroxylation is 1. The van der Waals surface area contributed by atoms with Gasteiger partial charge in [0.15, 0.2) is 0 Å². The Labute approximate surface area is 95.9 Å². The maximum atomic E-state index is 5.97. The van der Waals surface area contributed by atoms with Crippen LogP contribution in [-0.4, -0.2) is 9.78 Å². The third-order valence-electron chi connectivity index (χ3n) is 2.79. The van der Waals surface area contributed by atoms with Crippen LogP contribution in [0.1, 0.15) is 19.0 Å². The Kier molecular flexibility index (Phi) is 2.95. The van der Waals surface area contributed by atoms with E-state index in [9.17, 15) is 0 Å². The highest BCUT2D eigenvalue weighted by atomic mass is 15.3. The first-order chi connectivity index (χ1) is 7.74. The first-order valence-electron chi connectivity index (χ1n) is 5.61. The third-order valence-corrected chi connectivity index (χ3v) is 2.79. The van der Waals surface area contributed by atoms with Crippen LogP contribution in [0.2, 0.25) is 0 Å².